The number of carbonyl (C=O) groups excluding carboxylic acids is 1. The molecule has 0 spiro atoms. The Labute approximate surface area is 58.1 Å². The molecule has 0 radical (unpaired) electrons. The molecule has 5 heteroatoms. The molecule has 0 aliphatic carbocycles. The minimum Gasteiger partial charge on any atom is -0.350 e. The van der Waals surface area contributed by atoms with Gasteiger partial charge in [-0.05, 0) is 6.92 Å². The van der Waals surface area contributed by atoms with Gasteiger partial charge in [0, 0.05) is 0 Å². The summed E-state index contributed by atoms with van der Waals surface area (Å²) >= 11 is 0. The fourth-order valence-corrected chi connectivity index (χ4v) is 0.372. The third-order valence-electron chi connectivity index (χ3n) is 0.922. The number of urea groups is 1. The Kier molecular flexibility index (Phi) is 2.91. The van der Waals surface area contributed by atoms with E-state index in [0.29, 0.717) is 5.01 Å². The van der Waals surface area contributed by atoms with Crippen LogP contribution in [-0.4, -0.2) is 17.1 Å². The SMILES string of the molecule is C#CC(C)N(N=O)C(N)=O. The smallest absolute Gasteiger partial charge is 0.338 e. The van der Waals surface area contributed by atoms with Crippen molar-refractivity contribution in [2.24, 2.45) is 11.0 Å². The first kappa shape index (κ1) is 8.43. The van der Waals surface area contributed by atoms with E-state index < -0.39 is 12.1 Å². The molecule has 0 aromatic heterocycles. The van der Waals surface area contributed by atoms with Crippen LogP contribution in [0.1, 0.15) is 6.92 Å². The van der Waals surface area contributed by atoms with Crippen LogP contribution in [-0.2, 0) is 0 Å². The molecule has 0 aromatic rings. The molecule has 2 N–H and O–H groups in total. The summed E-state index contributed by atoms with van der Waals surface area (Å²) in [5, 5.41) is 2.81. The maximum absolute atomic E-state index is 10.3. The van der Waals surface area contributed by atoms with E-state index in [9.17, 15) is 9.70 Å². The average Bonchev–Trinajstić information content (AvgIpc) is 1.88. The van der Waals surface area contributed by atoms with Gasteiger partial charge in [-0.1, -0.05) is 5.92 Å². The van der Waals surface area contributed by atoms with E-state index >= 15 is 0 Å². The summed E-state index contributed by atoms with van der Waals surface area (Å²) in [6.45, 7) is 1.46. The number of nitroso groups, excluding NO2 is 1. The minimum absolute atomic E-state index is 0.486. The molecular formula is C5H7N3O2. The third kappa shape index (κ3) is 1.74. The molecule has 0 aliphatic rings. The molecule has 0 aliphatic heterocycles. The molecule has 0 aromatic carbocycles. The molecule has 1 atom stereocenters. The summed E-state index contributed by atoms with van der Waals surface area (Å²) in [5.41, 5.74) is 4.72. The van der Waals surface area contributed by atoms with Crippen LogP contribution in [0, 0.1) is 17.3 Å². The highest BCUT2D eigenvalue weighted by Crippen LogP contribution is 1.96. The summed E-state index contributed by atoms with van der Waals surface area (Å²) in [6.07, 6.45) is 4.89. The van der Waals surface area contributed by atoms with Crippen molar-refractivity contribution in [1.29, 1.82) is 0 Å². The Bertz CT molecular complexity index is 184. The number of carbonyl (C=O) groups is 1. The van der Waals surface area contributed by atoms with E-state index in [2.05, 4.69) is 11.2 Å². The van der Waals surface area contributed by atoms with Gasteiger partial charge in [-0.15, -0.1) is 11.3 Å². The summed E-state index contributed by atoms with van der Waals surface area (Å²) in [6, 6.07) is -1.63. The van der Waals surface area contributed by atoms with Crippen molar-refractivity contribution in [2.45, 2.75) is 13.0 Å². The summed E-state index contributed by atoms with van der Waals surface area (Å²) in [5.74, 6) is 2.13. The molecule has 5 nitrogen and oxygen atoms in total. The van der Waals surface area contributed by atoms with Crippen molar-refractivity contribution >= 4 is 6.03 Å². The van der Waals surface area contributed by atoms with Crippen molar-refractivity contribution in [3.63, 3.8) is 0 Å². The Morgan fingerprint density at radius 3 is 2.50 bits per heavy atom. The van der Waals surface area contributed by atoms with E-state index in [4.69, 9.17) is 12.2 Å². The largest absolute Gasteiger partial charge is 0.350 e. The van der Waals surface area contributed by atoms with Crippen molar-refractivity contribution in [3.05, 3.63) is 4.91 Å². The first-order chi connectivity index (χ1) is 4.63. The Morgan fingerprint density at radius 1 is 1.90 bits per heavy atom. The predicted molar refractivity (Wildman–Crippen MR) is 35.5 cm³/mol. The number of primary amides is 1. The normalized spacial score (nSPS) is 11.2. The number of amides is 2. The highest BCUT2D eigenvalue weighted by Gasteiger charge is 2.14. The Morgan fingerprint density at radius 2 is 2.40 bits per heavy atom. The van der Waals surface area contributed by atoms with Crippen LogP contribution < -0.4 is 5.73 Å². The monoisotopic (exact) mass is 141 g/mol. The third-order valence-corrected chi connectivity index (χ3v) is 0.922. The van der Waals surface area contributed by atoms with Gasteiger partial charge in [-0.2, -0.15) is 5.01 Å². The van der Waals surface area contributed by atoms with Gasteiger partial charge < -0.3 is 5.73 Å². The highest BCUT2D eigenvalue weighted by atomic mass is 16.3. The average molecular weight is 141 g/mol. The van der Waals surface area contributed by atoms with Crippen molar-refractivity contribution < 1.29 is 4.79 Å². The lowest BCUT2D eigenvalue weighted by Gasteiger charge is -2.12. The molecule has 1 unspecified atom stereocenters. The van der Waals surface area contributed by atoms with Crippen LogP contribution in [0.2, 0.25) is 0 Å². The Balaban J connectivity index is 4.23. The van der Waals surface area contributed by atoms with Gasteiger partial charge in [0.2, 0.25) is 0 Å². The molecular weight excluding hydrogens is 134 g/mol. The standard InChI is InChI=1S/C5H7N3O2/c1-3-4(2)8(7-10)5(6)9/h1,4H,2H3,(H2,6,9). The van der Waals surface area contributed by atoms with Crippen LogP contribution in [0.3, 0.4) is 0 Å². The zero-order valence-corrected chi connectivity index (χ0v) is 5.44. The fraction of sp³-hybridized carbons (Fsp3) is 0.400. The molecule has 0 bridgehead atoms. The molecule has 2 amide bonds. The summed E-state index contributed by atoms with van der Waals surface area (Å²) in [4.78, 5) is 20.1. The van der Waals surface area contributed by atoms with Crippen molar-refractivity contribution in [2.75, 3.05) is 0 Å². The van der Waals surface area contributed by atoms with Gasteiger partial charge in [0.1, 0.15) is 6.04 Å². The molecule has 0 saturated heterocycles. The van der Waals surface area contributed by atoms with E-state index in [0.717, 1.165) is 0 Å². The van der Waals surface area contributed by atoms with Gasteiger partial charge in [-0.25, -0.2) is 4.79 Å². The van der Waals surface area contributed by atoms with Gasteiger partial charge >= 0.3 is 6.03 Å². The highest BCUT2D eigenvalue weighted by molar-refractivity contribution is 5.72. The second kappa shape index (κ2) is 3.45. The summed E-state index contributed by atoms with van der Waals surface area (Å²) in [7, 11) is 0. The molecule has 0 heterocycles. The zero-order chi connectivity index (χ0) is 8.15. The topological polar surface area (TPSA) is 75.8 Å². The number of rotatable bonds is 2. The molecule has 54 valence electrons. The van der Waals surface area contributed by atoms with Crippen LogP contribution >= 0.6 is 0 Å². The maximum atomic E-state index is 10.3. The number of nitrogens with zero attached hydrogens (tertiary/aromatic N) is 2. The quantitative estimate of drug-likeness (QED) is 0.335. The number of nitrogens with two attached hydrogens (primary N) is 1. The molecule has 10 heavy (non-hydrogen) atoms. The minimum atomic E-state index is -0.944. The van der Waals surface area contributed by atoms with Gasteiger partial charge in [-0.3, -0.25) is 0 Å². The Hall–Kier alpha value is -1.57. The van der Waals surface area contributed by atoms with E-state index in [1.807, 2.05) is 0 Å². The van der Waals surface area contributed by atoms with Crippen LogP contribution in [0.5, 0.6) is 0 Å². The maximum Gasteiger partial charge on any atom is 0.338 e. The van der Waals surface area contributed by atoms with E-state index in [1.54, 1.807) is 0 Å². The van der Waals surface area contributed by atoms with E-state index in [1.165, 1.54) is 6.92 Å². The van der Waals surface area contributed by atoms with E-state index in [-0.39, 0.29) is 0 Å². The van der Waals surface area contributed by atoms with Crippen molar-refractivity contribution in [1.82, 2.24) is 5.01 Å². The number of hydrogen-bond acceptors (Lipinski definition) is 3. The molecule has 0 rings (SSSR count). The first-order valence-corrected chi connectivity index (χ1v) is 2.51. The lowest BCUT2D eigenvalue weighted by molar-refractivity contribution is 0.202. The fourth-order valence-electron chi connectivity index (χ4n) is 0.372. The van der Waals surface area contributed by atoms with Crippen LogP contribution in [0.4, 0.5) is 4.79 Å². The lowest BCUT2D eigenvalue weighted by atomic mass is 10.3. The predicted octanol–water partition coefficient (Wildman–Crippen LogP) is 0.0702. The van der Waals surface area contributed by atoms with Crippen LogP contribution in [0.15, 0.2) is 5.29 Å². The lowest BCUT2D eigenvalue weighted by Crippen LogP contribution is -2.36. The second-order valence-electron chi connectivity index (χ2n) is 1.61. The van der Waals surface area contributed by atoms with Crippen molar-refractivity contribution in [3.8, 4) is 12.3 Å². The second-order valence-corrected chi connectivity index (χ2v) is 1.61. The first-order valence-electron chi connectivity index (χ1n) is 2.51. The molecule has 0 fully saturated rings. The van der Waals surface area contributed by atoms with Crippen LogP contribution in [0.25, 0.3) is 0 Å². The number of terminal acetylenes is 1. The summed E-state index contributed by atoms with van der Waals surface area (Å²) < 4.78 is 0. The van der Waals surface area contributed by atoms with Gasteiger partial charge in [0.25, 0.3) is 0 Å². The number of hydrogen-bond donors (Lipinski definition) is 1. The van der Waals surface area contributed by atoms with Gasteiger partial charge in [0.05, 0.1) is 5.29 Å². The van der Waals surface area contributed by atoms with Gasteiger partial charge in [0.15, 0.2) is 0 Å². The molecule has 0 saturated carbocycles. The zero-order valence-electron chi connectivity index (χ0n) is 5.44.